The number of nitrogens with two attached hydrogens (primary N) is 1. The minimum atomic E-state index is -0.194. The molecule has 0 aliphatic rings. The molecule has 18 heavy (non-hydrogen) atoms. The molecule has 0 fully saturated rings. The molecule has 0 aliphatic carbocycles. The zero-order valence-electron chi connectivity index (χ0n) is 13.0. The van der Waals surface area contributed by atoms with Crippen LogP contribution in [0, 0.1) is 19.3 Å². The highest BCUT2D eigenvalue weighted by atomic mass is 15.1. The summed E-state index contributed by atoms with van der Waals surface area (Å²) < 4.78 is 0. The molecule has 0 atom stereocenters. The fraction of sp³-hybridized carbons (Fsp3) is 0.625. The van der Waals surface area contributed by atoms with Crippen LogP contribution in [0.25, 0.3) is 0 Å². The molecule has 0 heterocycles. The Bertz CT molecular complexity index is 393. The molecule has 2 heteroatoms. The van der Waals surface area contributed by atoms with Crippen molar-refractivity contribution in [1.82, 2.24) is 0 Å². The minimum absolute atomic E-state index is 0.0550. The van der Waals surface area contributed by atoms with Crippen LogP contribution in [0.2, 0.25) is 0 Å². The van der Waals surface area contributed by atoms with Crippen LogP contribution in [-0.4, -0.2) is 19.1 Å². The van der Waals surface area contributed by atoms with Crippen LogP contribution in [0.3, 0.4) is 0 Å². The molecule has 0 saturated heterocycles. The average molecular weight is 248 g/mol. The predicted octanol–water partition coefficient (Wildman–Crippen LogP) is 3.50. The van der Waals surface area contributed by atoms with Gasteiger partial charge in [0.15, 0.2) is 0 Å². The maximum Gasteiger partial charge on any atom is 0.0369 e. The number of benzene rings is 1. The molecule has 2 nitrogen and oxygen atoms in total. The lowest BCUT2D eigenvalue weighted by atomic mass is 9.75. The number of nitrogens with zero attached hydrogens (tertiary/aromatic N) is 1. The number of hydrogen-bond acceptors (Lipinski definition) is 2. The Morgan fingerprint density at radius 2 is 1.44 bits per heavy atom. The molecule has 102 valence electrons. The van der Waals surface area contributed by atoms with E-state index in [2.05, 4.69) is 71.7 Å². The Morgan fingerprint density at radius 3 is 1.83 bits per heavy atom. The van der Waals surface area contributed by atoms with Crippen molar-refractivity contribution >= 4 is 5.69 Å². The molecule has 1 aromatic carbocycles. The van der Waals surface area contributed by atoms with Crippen LogP contribution in [-0.2, 0) is 0 Å². The standard InChI is InChI=1S/C16H28N2/c1-12-8-13(2)10-14(9-12)18(7)11-15(3,4)16(5,6)17/h8-10H,11,17H2,1-7H3. The largest absolute Gasteiger partial charge is 0.374 e. The summed E-state index contributed by atoms with van der Waals surface area (Å²) in [4.78, 5) is 2.30. The van der Waals surface area contributed by atoms with E-state index in [1.165, 1.54) is 16.8 Å². The van der Waals surface area contributed by atoms with E-state index in [1.54, 1.807) is 0 Å². The van der Waals surface area contributed by atoms with Gasteiger partial charge in [0.1, 0.15) is 0 Å². The second-order valence-electron chi connectivity index (χ2n) is 6.81. The molecule has 0 bridgehead atoms. The van der Waals surface area contributed by atoms with Gasteiger partial charge in [-0.05, 0) is 56.4 Å². The lowest BCUT2D eigenvalue weighted by molar-refractivity contribution is 0.210. The second-order valence-corrected chi connectivity index (χ2v) is 6.81. The van der Waals surface area contributed by atoms with E-state index in [1.807, 2.05) is 0 Å². The van der Waals surface area contributed by atoms with Gasteiger partial charge in [-0.25, -0.2) is 0 Å². The molecule has 2 N–H and O–H groups in total. The Labute approximate surface area is 112 Å². The Morgan fingerprint density at radius 1 is 1.00 bits per heavy atom. The van der Waals surface area contributed by atoms with E-state index in [0.717, 1.165) is 6.54 Å². The van der Waals surface area contributed by atoms with Gasteiger partial charge in [-0.1, -0.05) is 19.9 Å². The SMILES string of the molecule is Cc1cc(C)cc(N(C)CC(C)(C)C(C)(C)N)c1. The van der Waals surface area contributed by atoms with Gasteiger partial charge >= 0.3 is 0 Å². The third-order valence-corrected chi connectivity index (χ3v) is 4.02. The van der Waals surface area contributed by atoms with E-state index in [-0.39, 0.29) is 11.0 Å². The van der Waals surface area contributed by atoms with Gasteiger partial charge < -0.3 is 10.6 Å². The lowest BCUT2D eigenvalue weighted by Crippen LogP contribution is -2.52. The minimum Gasteiger partial charge on any atom is -0.374 e. The van der Waals surface area contributed by atoms with E-state index in [9.17, 15) is 0 Å². The van der Waals surface area contributed by atoms with Crippen molar-refractivity contribution < 1.29 is 0 Å². The summed E-state index contributed by atoms with van der Waals surface area (Å²) in [6.45, 7) is 13.9. The van der Waals surface area contributed by atoms with E-state index in [0.29, 0.717) is 0 Å². The molecule has 0 amide bonds. The van der Waals surface area contributed by atoms with Gasteiger partial charge in [0.2, 0.25) is 0 Å². The molecule has 1 aromatic rings. The molecule has 0 saturated carbocycles. The van der Waals surface area contributed by atoms with Crippen LogP contribution in [0.4, 0.5) is 5.69 Å². The summed E-state index contributed by atoms with van der Waals surface area (Å²) in [5.41, 5.74) is 10.0. The topological polar surface area (TPSA) is 29.3 Å². The van der Waals surface area contributed by atoms with Crippen LogP contribution in [0.5, 0.6) is 0 Å². The van der Waals surface area contributed by atoms with Crippen molar-refractivity contribution in [2.24, 2.45) is 11.1 Å². The fourth-order valence-electron chi connectivity index (χ4n) is 2.06. The number of rotatable bonds is 4. The van der Waals surface area contributed by atoms with Gasteiger partial charge in [-0.3, -0.25) is 0 Å². The maximum atomic E-state index is 6.27. The molecule has 0 radical (unpaired) electrons. The van der Waals surface area contributed by atoms with Crippen molar-refractivity contribution in [2.75, 3.05) is 18.5 Å². The number of hydrogen-bond donors (Lipinski definition) is 1. The third-order valence-electron chi connectivity index (χ3n) is 4.02. The molecule has 0 aromatic heterocycles. The Kier molecular flexibility index (Phi) is 4.12. The summed E-state index contributed by atoms with van der Waals surface area (Å²) >= 11 is 0. The summed E-state index contributed by atoms with van der Waals surface area (Å²) in [5, 5.41) is 0. The fourth-order valence-corrected chi connectivity index (χ4v) is 2.06. The second kappa shape index (κ2) is 4.93. The normalized spacial score (nSPS) is 12.7. The Hall–Kier alpha value is -1.02. The first kappa shape index (κ1) is 15.0. The van der Waals surface area contributed by atoms with Gasteiger partial charge in [-0.2, -0.15) is 0 Å². The zero-order valence-corrected chi connectivity index (χ0v) is 13.0. The quantitative estimate of drug-likeness (QED) is 0.883. The number of anilines is 1. The molecule has 0 aliphatic heterocycles. The average Bonchev–Trinajstić information content (AvgIpc) is 2.13. The van der Waals surface area contributed by atoms with Gasteiger partial charge in [-0.15, -0.1) is 0 Å². The summed E-state index contributed by atoms with van der Waals surface area (Å²) in [5.74, 6) is 0. The van der Waals surface area contributed by atoms with E-state index >= 15 is 0 Å². The highest BCUT2D eigenvalue weighted by Gasteiger charge is 2.34. The van der Waals surface area contributed by atoms with Gasteiger partial charge in [0.05, 0.1) is 0 Å². The smallest absolute Gasteiger partial charge is 0.0369 e. The van der Waals surface area contributed by atoms with Crippen molar-refractivity contribution in [3.8, 4) is 0 Å². The molecular formula is C16H28N2. The van der Waals surface area contributed by atoms with Gasteiger partial charge in [0, 0.05) is 24.8 Å². The first-order chi connectivity index (χ1) is 8.03. The van der Waals surface area contributed by atoms with Crippen molar-refractivity contribution in [3.05, 3.63) is 29.3 Å². The van der Waals surface area contributed by atoms with Crippen molar-refractivity contribution in [1.29, 1.82) is 0 Å². The summed E-state index contributed by atoms with van der Waals surface area (Å²) in [6.07, 6.45) is 0. The highest BCUT2D eigenvalue weighted by Crippen LogP contribution is 2.31. The van der Waals surface area contributed by atoms with Crippen molar-refractivity contribution in [2.45, 2.75) is 47.1 Å². The van der Waals surface area contributed by atoms with Crippen molar-refractivity contribution in [3.63, 3.8) is 0 Å². The maximum absolute atomic E-state index is 6.27. The van der Waals surface area contributed by atoms with Crippen LogP contribution in [0.15, 0.2) is 18.2 Å². The first-order valence-corrected chi connectivity index (χ1v) is 6.61. The molecule has 0 unspecified atom stereocenters. The van der Waals surface area contributed by atoms with Crippen LogP contribution in [0.1, 0.15) is 38.8 Å². The van der Waals surface area contributed by atoms with Crippen LogP contribution < -0.4 is 10.6 Å². The van der Waals surface area contributed by atoms with Gasteiger partial charge in [0.25, 0.3) is 0 Å². The van der Waals surface area contributed by atoms with E-state index < -0.39 is 0 Å². The monoisotopic (exact) mass is 248 g/mol. The molecule has 1 rings (SSSR count). The first-order valence-electron chi connectivity index (χ1n) is 6.61. The molecular weight excluding hydrogens is 220 g/mol. The van der Waals surface area contributed by atoms with Crippen LogP contribution >= 0.6 is 0 Å². The third kappa shape index (κ3) is 3.49. The summed E-state index contributed by atoms with van der Waals surface area (Å²) in [6, 6.07) is 6.66. The predicted molar refractivity (Wildman–Crippen MR) is 81.2 cm³/mol. The highest BCUT2D eigenvalue weighted by molar-refractivity contribution is 5.50. The Balaban J connectivity index is 2.92. The summed E-state index contributed by atoms with van der Waals surface area (Å²) in [7, 11) is 2.14. The van der Waals surface area contributed by atoms with E-state index in [4.69, 9.17) is 5.73 Å². The molecule has 0 spiro atoms. The zero-order chi connectivity index (χ0) is 14.1. The lowest BCUT2D eigenvalue weighted by Gasteiger charge is -2.42. The number of aryl methyl sites for hydroxylation is 2.